The second kappa shape index (κ2) is 9.56. The van der Waals surface area contributed by atoms with E-state index in [1.807, 2.05) is 18.2 Å². The molecule has 108 valence electrons. The van der Waals surface area contributed by atoms with Crippen molar-refractivity contribution in [2.45, 2.75) is 19.4 Å². The van der Waals surface area contributed by atoms with E-state index in [4.69, 9.17) is 27.9 Å². The zero-order valence-corrected chi connectivity index (χ0v) is 13.0. The van der Waals surface area contributed by atoms with E-state index in [0.717, 1.165) is 48.3 Å². The Hall–Kier alpha value is -0.320. The number of benzene rings is 1. The highest BCUT2D eigenvalue weighted by Crippen LogP contribution is 2.20. The molecule has 0 aliphatic carbocycles. The molecule has 19 heavy (non-hydrogen) atoms. The molecule has 0 heterocycles. The van der Waals surface area contributed by atoms with Gasteiger partial charge in [0.25, 0.3) is 0 Å². The number of halogens is 2. The predicted octanol–water partition coefficient (Wildman–Crippen LogP) is 2.75. The Morgan fingerprint density at radius 1 is 1.26 bits per heavy atom. The first kappa shape index (κ1) is 16.7. The molecule has 2 N–H and O–H groups in total. The first-order chi connectivity index (χ1) is 9.13. The highest BCUT2D eigenvalue weighted by Gasteiger charge is 2.03. The molecule has 3 nitrogen and oxygen atoms in total. The van der Waals surface area contributed by atoms with Crippen LogP contribution in [0.5, 0.6) is 0 Å². The van der Waals surface area contributed by atoms with Crippen LogP contribution in [-0.4, -0.2) is 39.4 Å². The van der Waals surface area contributed by atoms with Crippen LogP contribution >= 0.6 is 23.2 Å². The van der Waals surface area contributed by atoms with Gasteiger partial charge in [-0.25, -0.2) is 0 Å². The van der Waals surface area contributed by atoms with Crippen LogP contribution < -0.4 is 10.6 Å². The van der Waals surface area contributed by atoms with E-state index in [-0.39, 0.29) is 0 Å². The molecule has 0 aromatic heterocycles. The van der Waals surface area contributed by atoms with E-state index < -0.39 is 0 Å². The van der Waals surface area contributed by atoms with Crippen molar-refractivity contribution in [1.82, 2.24) is 10.6 Å². The van der Waals surface area contributed by atoms with E-state index in [2.05, 4.69) is 17.6 Å². The lowest BCUT2D eigenvalue weighted by molar-refractivity contribution is 0.198. The lowest BCUT2D eigenvalue weighted by atomic mass is 10.1. The van der Waals surface area contributed by atoms with Crippen molar-refractivity contribution in [3.63, 3.8) is 0 Å². The van der Waals surface area contributed by atoms with Gasteiger partial charge in [-0.15, -0.1) is 0 Å². The lowest BCUT2D eigenvalue weighted by Crippen LogP contribution is -2.38. The van der Waals surface area contributed by atoms with Crippen LogP contribution in [0.1, 0.15) is 12.5 Å². The summed E-state index contributed by atoms with van der Waals surface area (Å²) in [5, 5.41) is 8.28. The molecule has 1 aromatic rings. The minimum atomic E-state index is 0.412. The maximum Gasteiger partial charge on any atom is 0.0587 e. The Balaban J connectivity index is 2.20. The SMILES string of the molecule is COCCNCC(C)NCCc1cc(Cl)ccc1Cl. The third-order valence-electron chi connectivity index (χ3n) is 2.83. The molecule has 0 amide bonds. The molecule has 0 aliphatic heterocycles. The van der Waals surface area contributed by atoms with Gasteiger partial charge in [-0.1, -0.05) is 23.2 Å². The number of nitrogens with one attached hydrogen (secondary N) is 2. The highest BCUT2D eigenvalue weighted by atomic mass is 35.5. The zero-order valence-electron chi connectivity index (χ0n) is 11.5. The molecule has 0 radical (unpaired) electrons. The molecule has 1 unspecified atom stereocenters. The minimum Gasteiger partial charge on any atom is -0.383 e. The molecule has 1 rings (SSSR count). The Bertz CT molecular complexity index is 374. The second-order valence-corrected chi connectivity index (χ2v) is 5.38. The lowest BCUT2D eigenvalue weighted by Gasteiger charge is -2.15. The van der Waals surface area contributed by atoms with Gasteiger partial charge in [0.1, 0.15) is 0 Å². The van der Waals surface area contributed by atoms with Crippen LogP contribution in [0, 0.1) is 0 Å². The molecule has 0 fully saturated rings. The Morgan fingerprint density at radius 3 is 2.79 bits per heavy atom. The largest absolute Gasteiger partial charge is 0.383 e. The average Bonchev–Trinajstić information content (AvgIpc) is 2.39. The van der Waals surface area contributed by atoms with Gasteiger partial charge >= 0.3 is 0 Å². The molecule has 0 spiro atoms. The number of rotatable bonds is 9. The summed E-state index contributed by atoms with van der Waals surface area (Å²) in [5.41, 5.74) is 1.08. The average molecular weight is 305 g/mol. The van der Waals surface area contributed by atoms with Crippen LogP contribution in [0.25, 0.3) is 0 Å². The fraction of sp³-hybridized carbons (Fsp3) is 0.571. The molecule has 1 aromatic carbocycles. The molecular weight excluding hydrogens is 283 g/mol. The molecule has 0 saturated heterocycles. The van der Waals surface area contributed by atoms with Crippen molar-refractivity contribution in [1.29, 1.82) is 0 Å². The van der Waals surface area contributed by atoms with E-state index in [0.29, 0.717) is 6.04 Å². The summed E-state index contributed by atoms with van der Waals surface area (Å²) in [6.45, 7) is 5.58. The highest BCUT2D eigenvalue weighted by molar-refractivity contribution is 6.33. The van der Waals surface area contributed by atoms with Gasteiger partial charge in [0.05, 0.1) is 6.61 Å². The van der Waals surface area contributed by atoms with Crippen LogP contribution in [0.3, 0.4) is 0 Å². The predicted molar refractivity (Wildman–Crippen MR) is 82.4 cm³/mol. The van der Waals surface area contributed by atoms with E-state index in [1.165, 1.54) is 0 Å². The van der Waals surface area contributed by atoms with Crippen LogP contribution in [0.4, 0.5) is 0 Å². The van der Waals surface area contributed by atoms with E-state index >= 15 is 0 Å². The van der Waals surface area contributed by atoms with Crippen LogP contribution in [0.2, 0.25) is 10.0 Å². The quantitative estimate of drug-likeness (QED) is 0.688. The van der Waals surface area contributed by atoms with Gasteiger partial charge in [0.15, 0.2) is 0 Å². The first-order valence-electron chi connectivity index (χ1n) is 6.50. The molecular formula is C14H22Cl2N2O. The molecule has 0 bridgehead atoms. The summed E-state index contributed by atoms with van der Waals surface area (Å²) in [7, 11) is 1.71. The maximum absolute atomic E-state index is 6.12. The van der Waals surface area contributed by atoms with Crippen molar-refractivity contribution in [3.05, 3.63) is 33.8 Å². The summed E-state index contributed by atoms with van der Waals surface area (Å²) in [6, 6.07) is 5.99. The summed E-state index contributed by atoms with van der Waals surface area (Å²) in [4.78, 5) is 0. The normalized spacial score (nSPS) is 12.6. The van der Waals surface area contributed by atoms with E-state index in [9.17, 15) is 0 Å². The second-order valence-electron chi connectivity index (χ2n) is 4.54. The van der Waals surface area contributed by atoms with Gasteiger partial charge in [0.2, 0.25) is 0 Å². The third kappa shape index (κ3) is 7.14. The fourth-order valence-electron chi connectivity index (χ4n) is 1.75. The summed E-state index contributed by atoms with van der Waals surface area (Å²) in [6.07, 6.45) is 0.877. The zero-order chi connectivity index (χ0) is 14.1. The number of methoxy groups -OCH3 is 1. The van der Waals surface area contributed by atoms with Gasteiger partial charge in [-0.05, 0) is 43.7 Å². The van der Waals surface area contributed by atoms with E-state index in [1.54, 1.807) is 7.11 Å². The van der Waals surface area contributed by atoms with Crippen LogP contribution in [0.15, 0.2) is 18.2 Å². The molecule has 0 aliphatic rings. The smallest absolute Gasteiger partial charge is 0.0587 e. The summed E-state index contributed by atoms with van der Waals surface area (Å²) >= 11 is 12.1. The Morgan fingerprint density at radius 2 is 2.05 bits per heavy atom. The minimum absolute atomic E-state index is 0.412. The fourth-order valence-corrected chi connectivity index (χ4v) is 2.16. The summed E-state index contributed by atoms with van der Waals surface area (Å²) < 4.78 is 4.98. The number of ether oxygens (including phenoxy) is 1. The first-order valence-corrected chi connectivity index (χ1v) is 7.26. The third-order valence-corrected chi connectivity index (χ3v) is 3.43. The topological polar surface area (TPSA) is 33.3 Å². The van der Waals surface area contributed by atoms with Crippen molar-refractivity contribution in [3.8, 4) is 0 Å². The maximum atomic E-state index is 6.12. The molecule has 5 heteroatoms. The van der Waals surface area contributed by atoms with Gasteiger partial charge < -0.3 is 15.4 Å². The van der Waals surface area contributed by atoms with Gasteiger partial charge in [-0.2, -0.15) is 0 Å². The monoisotopic (exact) mass is 304 g/mol. The van der Waals surface area contributed by atoms with Gasteiger partial charge in [0, 0.05) is 36.3 Å². The van der Waals surface area contributed by atoms with Crippen molar-refractivity contribution >= 4 is 23.2 Å². The number of hydrogen-bond acceptors (Lipinski definition) is 3. The molecule has 1 atom stereocenters. The van der Waals surface area contributed by atoms with Gasteiger partial charge in [-0.3, -0.25) is 0 Å². The van der Waals surface area contributed by atoms with Crippen molar-refractivity contribution in [2.75, 3.05) is 33.4 Å². The standard InChI is InChI=1S/C14H22Cl2N2O/c1-11(10-17-7-8-19-2)18-6-5-12-9-13(15)3-4-14(12)16/h3-4,9,11,17-18H,5-8,10H2,1-2H3. The molecule has 0 saturated carbocycles. The van der Waals surface area contributed by atoms with Crippen molar-refractivity contribution < 1.29 is 4.74 Å². The Labute approximate surface area is 125 Å². The van der Waals surface area contributed by atoms with Crippen LogP contribution in [-0.2, 0) is 11.2 Å². The Kier molecular flexibility index (Phi) is 8.42. The van der Waals surface area contributed by atoms with Crippen molar-refractivity contribution in [2.24, 2.45) is 0 Å². The summed E-state index contributed by atoms with van der Waals surface area (Å²) in [5.74, 6) is 0. The number of hydrogen-bond donors (Lipinski definition) is 2.